The Kier molecular flexibility index (Phi) is 2.17. The van der Waals surface area contributed by atoms with Gasteiger partial charge in [-0.3, -0.25) is 0 Å². The molecule has 0 saturated carbocycles. The van der Waals surface area contributed by atoms with Crippen molar-refractivity contribution in [2.24, 2.45) is 0 Å². The van der Waals surface area contributed by atoms with Crippen LogP contribution in [0, 0.1) is 11.6 Å². The van der Waals surface area contributed by atoms with Crippen LogP contribution in [0.3, 0.4) is 0 Å². The lowest BCUT2D eigenvalue weighted by Crippen LogP contribution is -1.86. The number of anilines is 1. The highest BCUT2D eigenvalue weighted by molar-refractivity contribution is 7.13. The van der Waals surface area contributed by atoms with E-state index < -0.39 is 11.6 Å². The van der Waals surface area contributed by atoms with Crippen LogP contribution in [0.15, 0.2) is 23.6 Å². The summed E-state index contributed by atoms with van der Waals surface area (Å²) in [6.45, 7) is 0. The van der Waals surface area contributed by atoms with E-state index in [0.29, 0.717) is 16.4 Å². The van der Waals surface area contributed by atoms with Gasteiger partial charge in [-0.2, -0.15) is 0 Å². The highest BCUT2D eigenvalue weighted by Gasteiger charge is 2.05. The lowest BCUT2D eigenvalue weighted by atomic mass is 10.2. The molecule has 1 aromatic heterocycles. The van der Waals surface area contributed by atoms with Gasteiger partial charge < -0.3 is 5.73 Å². The van der Waals surface area contributed by atoms with Crippen LogP contribution in [-0.2, 0) is 0 Å². The summed E-state index contributed by atoms with van der Waals surface area (Å²) in [7, 11) is 0. The smallest absolute Gasteiger partial charge is 0.180 e. The Morgan fingerprint density at radius 1 is 1.14 bits per heavy atom. The molecule has 0 aliphatic carbocycles. The number of aromatic nitrogens is 1. The number of nitrogens with two attached hydrogens (primary N) is 1. The fourth-order valence-electron chi connectivity index (χ4n) is 1.12. The van der Waals surface area contributed by atoms with Crippen molar-refractivity contribution in [1.29, 1.82) is 0 Å². The number of halogens is 2. The lowest BCUT2D eigenvalue weighted by molar-refractivity contribution is 0.584. The summed E-state index contributed by atoms with van der Waals surface area (Å²) in [6.07, 6.45) is 0. The number of hydrogen-bond donors (Lipinski definition) is 1. The van der Waals surface area contributed by atoms with Gasteiger partial charge >= 0.3 is 0 Å². The molecule has 0 atom stereocenters. The van der Waals surface area contributed by atoms with Gasteiger partial charge in [0.05, 0.1) is 5.69 Å². The Balaban J connectivity index is 2.51. The van der Waals surface area contributed by atoms with Crippen LogP contribution in [0.5, 0.6) is 0 Å². The molecule has 2 nitrogen and oxygen atoms in total. The van der Waals surface area contributed by atoms with Gasteiger partial charge in [0.15, 0.2) is 5.13 Å². The maximum Gasteiger partial charge on any atom is 0.180 e. The zero-order valence-electron chi connectivity index (χ0n) is 7.00. The number of rotatable bonds is 1. The Hall–Kier alpha value is -1.49. The van der Waals surface area contributed by atoms with Crippen molar-refractivity contribution in [3.8, 4) is 11.3 Å². The molecule has 1 heterocycles. The zero-order chi connectivity index (χ0) is 10.1. The van der Waals surface area contributed by atoms with Gasteiger partial charge in [0.25, 0.3) is 0 Å². The standard InChI is InChI=1S/C9H6F2N2S/c10-6-1-5(2-7(11)3-6)8-4-14-9(12)13-8/h1-4H,(H2,12,13). The summed E-state index contributed by atoms with van der Waals surface area (Å²) in [5.41, 5.74) is 6.30. The van der Waals surface area contributed by atoms with Crippen LogP contribution in [0.2, 0.25) is 0 Å². The largest absolute Gasteiger partial charge is 0.375 e. The zero-order valence-corrected chi connectivity index (χ0v) is 7.81. The molecule has 0 amide bonds. The molecule has 0 radical (unpaired) electrons. The van der Waals surface area contributed by atoms with Crippen LogP contribution in [0.25, 0.3) is 11.3 Å². The van der Waals surface area contributed by atoms with Crippen molar-refractivity contribution < 1.29 is 8.78 Å². The van der Waals surface area contributed by atoms with Crippen LogP contribution in [-0.4, -0.2) is 4.98 Å². The van der Waals surface area contributed by atoms with Crippen LogP contribution in [0.1, 0.15) is 0 Å². The Labute approximate surface area is 83.0 Å². The minimum atomic E-state index is -0.619. The number of benzene rings is 1. The quantitative estimate of drug-likeness (QED) is 0.789. The van der Waals surface area contributed by atoms with Crippen LogP contribution in [0.4, 0.5) is 13.9 Å². The predicted octanol–water partition coefficient (Wildman–Crippen LogP) is 2.67. The van der Waals surface area contributed by atoms with Crippen molar-refractivity contribution >= 4 is 16.5 Å². The van der Waals surface area contributed by atoms with E-state index in [9.17, 15) is 8.78 Å². The second kappa shape index (κ2) is 3.34. The molecule has 2 rings (SSSR count). The normalized spacial score (nSPS) is 10.4. The highest BCUT2D eigenvalue weighted by Crippen LogP contribution is 2.24. The summed E-state index contributed by atoms with van der Waals surface area (Å²) in [5.74, 6) is -1.24. The number of nitrogens with zero attached hydrogens (tertiary/aromatic N) is 1. The van der Waals surface area contributed by atoms with E-state index in [4.69, 9.17) is 5.73 Å². The summed E-state index contributed by atoms with van der Waals surface area (Å²) >= 11 is 1.23. The molecule has 0 fully saturated rings. The van der Waals surface area contributed by atoms with E-state index in [-0.39, 0.29) is 0 Å². The minimum Gasteiger partial charge on any atom is -0.375 e. The number of hydrogen-bond acceptors (Lipinski definition) is 3. The van der Waals surface area contributed by atoms with E-state index in [1.165, 1.54) is 23.5 Å². The molecule has 72 valence electrons. The molecule has 2 N–H and O–H groups in total. The van der Waals surface area contributed by atoms with Crippen molar-refractivity contribution in [1.82, 2.24) is 4.98 Å². The van der Waals surface area contributed by atoms with Gasteiger partial charge in [0.1, 0.15) is 11.6 Å². The van der Waals surface area contributed by atoms with Crippen molar-refractivity contribution in [3.63, 3.8) is 0 Å². The molecule has 5 heteroatoms. The maximum absolute atomic E-state index is 12.8. The second-order valence-electron chi connectivity index (χ2n) is 2.73. The monoisotopic (exact) mass is 212 g/mol. The van der Waals surface area contributed by atoms with E-state index >= 15 is 0 Å². The first-order valence-electron chi connectivity index (χ1n) is 3.82. The Bertz CT molecular complexity index is 447. The molecular weight excluding hydrogens is 206 g/mol. The van der Waals surface area contributed by atoms with E-state index in [0.717, 1.165) is 6.07 Å². The topological polar surface area (TPSA) is 38.9 Å². The molecule has 14 heavy (non-hydrogen) atoms. The SMILES string of the molecule is Nc1nc(-c2cc(F)cc(F)c2)cs1. The third-order valence-corrected chi connectivity index (χ3v) is 2.35. The summed E-state index contributed by atoms with van der Waals surface area (Å²) in [5, 5.41) is 2.04. The second-order valence-corrected chi connectivity index (χ2v) is 3.62. The average molecular weight is 212 g/mol. The molecule has 0 saturated heterocycles. The molecule has 2 aromatic rings. The summed E-state index contributed by atoms with van der Waals surface area (Å²) in [4.78, 5) is 3.93. The number of nitrogen functional groups attached to an aromatic ring is 1. The molecule has 0 aliphatic heterocycles. The molecule has 0 unspecified atom stereocenters. The summed E-state index contributed by atoms with van der Waals surface area (Å²) < 4.78 is 25.6. The van der Waals surface area contributed by atoms with Gasteiger partial charge in [0, 0.05) is 17.0 Å². The van der Waals surface area contributed by atoms with Crippen LogP contribution >= 0.6 is 11.3 Å². The van der Waals surface area contributed by atoms with E-state index in [1.54, 1.807) is 5.38 Å². The molecule has 0 bridgehead atoms. The van der Waals surface area contributed by atoms with E-state index in [1.807, 2.05) is 0 Å². The maximum atomic E-state index is 12.8. The highest BCUT2D eigenvalue weighted by atomic mass is 32.1. The van der Waals surface area contributed by atoms with Gasteiger partial charge in [-0.1, -0.05) is 0 Å². The van der Waals surface area contributed by atoms with Gasteiger partial charge in [-0.15, -0.1) is 11.3 Å². The third-order valence-electron chi connectivity index (χ3n) is 1.68. The summed E-state index contributed by atoms with van der Waals surface area (Å²) in [6, 6.07) is 3.26. The molecule has 0 aliphatic rings. The van der Waals surface area contributed by atoms with Crippen molar-refractivity contribution in [2.45, 2.75) is 0 Å². The van der Waals surface area contributed by atoms with Crippen molar-refractivity contribution in [3.05, 3.63) is 35.2 Å². The van der Waals surface area contributed by atoms with Crippen molar-refractivity contribution in [2.75, 3.05) is 5.73 Å². The van der Waals surface area contributed by atoms with Gasteiger partial charge in [-0.05, 0) is 12.1 Å². The first-order chi connectivity index (χ1) is 6.65. The predicted molar refractivity (Wildman–Crippen MR) is 51.9 cm³/mol. The van der Waals surface area contributed by atoms with Gasteiger partial charge in [-0.25, -0.2) is 13.8 Å². The first-order valence-corrected chi connectivity index (χ1v) is 4.70. The molecule has 0 spiro atoms. The molecular formula is C9H6F2N2S. The number of thiazole rings is 1. The van der Waals surface area contributed by atoms with Crippen LogP contribution < -0.4 is 5.73 Å². The first kappa shape index (κ1) is 9.08. The lowest BCUT2D eigenvalue weighted by Gasteiger charge is -1.97. The third kappa shape index (κ3) is 1.72. The Morgan fingerprint density at radius 2 is 1.79 bits per heavy atom. The fraction of sp³-hybridized carbons (Fsp3) is 0. The minimum absolute atomic E-state index is 0.379. The Morgan fingerprint density at radius 3 is 2.29 bits per heavy atom. The molecule has 1 aromatic carbocycles. The average Bonchev–Trinajstić information content (AvgIpc) is 2.50. The van der Waals surface area contributed by atoms with Gasteiger partial charge in [0.2, 0.25) is 0 Å². The van der Waals surface area contributed by atoms with E-state index in [2.05, 4.69) is 4.98 Å². The fourth-order valence-corrected chi connectivity index (χ4v) is 1.69.